The first-order valence-electron chi connectivity index (χ1n) is 9.01. The van der Waals surface area contributed by atoms with Gasteiger partial charge in [0.1, 0.15) is 5.01 Å². The van der Waals surface area contributed by atoms with Gasteiger partial charge in [0.05, 0.1) is 21.3 Å². The molecule has 1 aliphatic rings. The van der Waals surface area contributed by atoms with Gasteiger partial charge in [0.15, 0.2) is 0 Å². The third-order valence-electron chi connectivity index (χ3n) is 5.20. The zero-order valence-electron chi connectivity index (χ0n) is 15.9. The van der Waals surface area contributed by atoms with Gasteiger partial charge in [-0.3, -0.25) is 4.79 Å². The number of fused-ring (bicyclic) bond motifs is 1. The highest BCUT2D eigenvalue weighted by Crippen LogP contribution is 2.40. The Bertz CT molecular complexity index is 1110. The van der Waals surface area contributed by atoms with Crippen LogP contribution in [0.2, 0.25) is 0 Å². The summed E-state index contributed by atoms with van der Waals surface area (Å²) in [4.78, 5) is 31.5. The Morgan fingerprint density at radius 3 is 2.54 bits per heavy atom. The van der Waals surface area contributed by atoms with Gasteiger partial charge < -0.3 is 10.0 Å². The number of carboxylic acid groups (broad SMARTS) is 1. The molecule has 1 aliphatic heterocycles. The summed E-state index contributed by atoms with van der Waals surface area (Å²) in [5, 5.41) is 10.4. The number of para-hydroxylation sites is 1. The van der Waals surface area contributed by atoms with E-state index in [0.717, 1.165) is 20.8 Å². The van der Waals surface area contributed by atoms with Gasteiger partial charge >= 0.3 is 5.97 Å². The molecule has 6 heteroatoms. The quantitative estimate of drug-likeness (QED) is 0.707. The number of amides is 1. The van der Waals surface area contributed by atoms with E-state index in [9.17, 15) is 14.7 Å². The monoisotopic (exact) mass is 392 g/mol. The van der Waals surface area contributed by atoms with E-state index in [1.807, 2.05) is 45.0 Å². The Balaban J connectivity index is 1.74. The molecule has 1 aromatic heterocycles. The van der Waals surface area contributed by atoms with Crippen LogP contribution in [-0.4, -0.2) is 33.4 Å². The minimum Gasteiger partial charge on any atom is -0.478 e. The maximum Gasteiger partial charge on any atom is 0.336 e. The first-order valence-corrected chi connectivity index (χ1v) is 9.83. The second kappa shape index (κ2) is 6.56. The second-order valence-electron chi connectivity index (χ2n) is 7.44. The third kappa shape index (κ3) is 2.81. The number of aromatic carboxylic acids is 1. The maximum absolute atomic E-state index is 13.4. The summed E-state index contributed by atoms with van der Waals surface area (Å²) in [6, 6.07) is 14.6. The maximum atomic E-state index is 13.4. The van der Waals surface area contributed by atoms with Crippen molar-refractivity contribution in [3.63, 3.8) is 0 Å². The predicted octanol–water partition coefficient (Wildman–Crippen LogP) is 4.55. The Labute approximate surface area is 166 Å². The van der Waals surface area contributed by atoms with Gasteiger partial charge in [-0.1, -0.05) is 30.3 Å². The fourth-order valence-electron chi connectivity index (χ4n) is 3.64. The number of carbonyl (C=O) groups is 2. The average Bonchev–Trinajstić information content (AvgIpc) is 3.23. The highest BCUT2D eigenvalue weighted by Gasteiger charge is 2.41. The number of carboxylic acids is 1. The molecule has 28 heavy (non-hydrogen) atoms. The molecule has 0 saturated heterocycles. The predicted molar refractivity (Wildman–Crippen MR) is 110 cm³/mol. The Kier molecular flexibility index (Phi) is 4.31. The van der Waals surface area contributed by atoms with Crippen molar-refractivity contribution < 1.29 is 14.7 Å². The molecule has 1 N–H and O–H groups in total. The summed E-state index contributed by atoms with van der Waals surface area (Å²) in [6.45, 7) is 6.31. The van der Waals surface area contributed by atoms with Gasteiger partial charge in [0.2, 0.25) is 0 Å². The molecule has 3 aromatic rings. The van der Waals surface area contributed by atoms with Crippen molar-refractivity contribution in [2.24, 2.45) is 0 Å². The van der Waals surface area contributed by atoms with E-state index in [1.54, 1.807) is 34.4 Å². The number of hydrogen-bond donors (Lipinski definition) is 1. The number of benzene rings is 2. The van der Waals surface area contributed by atoms with Crippen LogP contribution in [0, 0.1) is 0 Å². The number of rotatable bonds is 4. The van der Waals surface area contributed by atoms with E-state index in [-0.39, 0.29) is 11.5 Å². The van der Waals surface area contributed by atoms with Crippen LogP contribution in [0.15, 0.2) is 54.1 Å². The lowest BCUT2D eigenvalue weighted by atomic mass is 9.97. The van der Waals surface area contributed by atoms with Crippen LogP contribution in [0.5, 0.6) is 0 Å². The molecule has 0 bridgehead atoms. The van der Waals surface area contributed by atoms with Gasteiger partial charge in [0, 0.05) is 17.7 Å². The van der Waals surface area contributed by atoms with Crippen LogP contribution in [0.1, 0.15) is 41.7 Å². The van der Waals surface area contributed by atoms with Crippen LogP contribution < -0.4 is 0 Å². The molecule has 5 nitrogen and oxygen atoms in total. The van der Waals surface area contributed by atoms with Gasteiger partial charge in [-0.05, 0) is 44.5 Å². The van der Waals surface area contributed by atoms with Crippen LogP contribution in [-0.2, 0) is 10.3 Å². The molecule has 0 fully saturated rings. The third-order valence-corrected chi connectivity index (χ3v) is 6.55. The second-order valence-corrected chi connectivity index (χ2v) is 8.47. The number of nitrogens with zero attached hydrogens (tertiary/aromatic N) is 2. The van der Waals surface area contributed by atoms with Gasteiger partial charge in [0.25, 0.3) is 5.91 Å². The Hall–Kier alpha value is -2.99. The number of thiazole rings is 1. The van der Waals surface area contributed by atoms with Crippen molar-refractivity contribution in [1.82, 2.24) is 9.88 Å². The summed E-state index contributed by atoms with van der Waals surface area (Å²) in [5.74, 6) is -1.19. The zero-order valence-corrected chi connectivity index (χ0v) is 16.7. The van der Waals surface area contributed by atoms with Crippen LogP contribution >= 0.6 is 11.3 Å². The van der Waals surface area contributed by atoms with E-state index in [4.69, 9.17) is 4.98 Å². The van der Waals surface area contributed by atoms with Crippen molar-refractivity contribution in [2.75, 3.05) is 6.54 Å². The van der Waals surface area contributed by atoms with Crippen molar-refractivity contribution in [3.8, 4) is 0 Å². The molecule has 2 aromatic carbocycles. The minimum absolute atomic E-state index is 0.143. The van der Waals surface area contributed by atoms with Crippen LogP contribution in [0.3, 0.4) is 0 Å². The SMILES string of the molecule is CC1=C(c2ccccc2C(=O)O)C(=O)N(C(C)(C)c2nc3ccccc3s2)C1. The van der Waals surface area contributed by atoms with E-state index >= 15 is 0 Å². The van der Waals surface area contributed by atoms with E-state index < -0.39 is 11.5 Å². The molecule has 4 rings (SSSR count). The zero-order chi connectivity index (χ0) is 20.1. The summed E-state index contributed by atoms with van der Waals surface area (Å²) in [7, 11) is 0. The molecule has 0 atom stereocenters. The molecule has 1 amide bonds. The minimum atomic E-state index is -1.03. The largest absolute Gasteiger partial charge is 0.478 e. The first kappa shape index (κ1) is 18.4. The summed E-state index contributed by atoms with van der Waals surface area (Å²) < 4.78 is 1.08. The highest BCUT2D eigenvalue weighted by molar-refractivity contribution is 7.18. The lowest BCUT2D eigenvalue weighted by Gasteiger charge is -2.34. The lowest BCUT2D eigenvalue weighted by molar-refractivity contribution is -0.128. The topological polar surface area (TPSA) is 70.5 Å². The smallest absolute Gasteiger partial charge is 0.336 e. The van der Waals surface area contributed by atoms with Gasteiger partial charge in [-0.15, -0.1) is 11.3 Å². The van der Waals surface area contributed by atoms with Crippen molar-refractivity contribution in [2.45, 2.75) is 26.3 Å². The number of carbonyl (C=O) groups excluding carboxylic acids is 1. The molecule has 0 radical (unpaired) electrons. The molecule has 0 aliphatic carbocycles. The van der Waals surface area contributed by atoms with Crippen LogP contribution in [0.4, 0.5) is 0 Å². The normalized spacial score (nSPS) is 15.0. The van der Waals surface area contributed by atoms with E-state index in [1.165, 1.54) is 6.07 Å². The van der Waals surface area contributed by atoms with Crippen LogP contribution in [0.25, 0.3) is 15.8 Å². The Morgan fingerprint density at radius 1 is 1.14 bits per heavy atom. The molecule has 2 heterocycles. The molecular formula is C22H20N2O3S. The van der Waals surface area contributed by atoms with Crippen molar-refractivity contribution in [3.05, 3.63) is 70.2 Å². The molecule has 0 saturated carbocycles. The summed E-state index contributed by atoms with van der Waals surface area (Å²) in [5.41, 5.74) is 2.27. The Morgan fingerprint density at radius 2 is 1.82 bits per heavy atom. The standard InChI is InChI=1S/C22H20N2O3S/c1-13-12-24(19(25)18(13)14-8-4-5-9-15(14)20(26)27)22(2,3)21-23-16-10-6-7-11-17(16)28-21/h4-11H,12H2,1-3H3,(H,26,27). The summed E-state index contributed by atoms with van der Waals surface area (Å²) in [6.07, 6.45) is 0. The summed E-state index contributed by atoms with van der Waals surface area (Å²) >= 11 is 1.58. The van der Waals surface area contributed by atoms with Gasteiger partial charge in [-0.25, -0.2) is 9.78 Å². The van der Waals surface area contributed by atoms with Crippen molar-refractivity contribution >= 4 is 39.0 Å². The van der Waals surface area contributed by atoms with E-state index in [2.05, 4.69) is 0 Å². The molecule has 142 valence electrons. The number of hydrogen-bond acceptors (Lipinski definition) is 4. The van der Waals surface area contributed by atoms with Gasteiger partial charge in [-0.2, -0.15) is 0 Å². The highest BCUT2D eigenvalue weighted by atomic mass is 32.1. The fourth-order valence-corrected chi connectivity index (χ4v) is 4.72. The van der Waals surface area contributed by atoms with E-state index in [0.29, 0.717) is 17.7 Å². The molecule has 0 unspecified atom stereocenters. The molecule has 0 spiro atoms. The number of aromatic nitrogens is 1. The molecular weight excluding hydrogens is 372 g/mol. The first-order chi connectivity index (χ1) is 13.3. The lowest BCUT2D eigenvalue weighted by Crippen LogP contribution is -2.43. The van der Waals surface area contributed by atoms with Crippen molar-refractivity contribution in [1.29, 1.82) is 0 Å². The fraction of sp³-hybridized carbons (Fsp3) is 0.227. The average molecular weight is 392 g/mol.